The van der Waals surface area contributed by atoms with E-state index in [9.17, 15) is 4.79 Å². The average Bonchev–Trinajstić information content (AvgIpc) is 2.16. The van der Waals surface area contributed by atoms with E-state index in [0.717, 1.165) is 19.1 Å². The molecule has 0 aliphatic carbocycles. The number of hydrogen-bond acceptors (Lipinski definition) is 1. The predicted molar refractivity (Wildman–Crippen MR) is 50.0 cm³/mol. The Morgan fingerprint density at radius 3 is 2.50 bits per heavy atom. The molecule has 0 N–H and O–H groups in total. The van der Waals surface area contributed by atoms with Gasteiger partial charge in [0.25, 0.3) is 0 Å². The van der Waals surface area contributed by atoms with Crippen LogP contribution in [-0.4, -0.2) is 6.29 Å². The van der Waals surface area contributed by atoms with Crippen molar-refractivity contribution in [2.75, 3.05) is 0 Å². The van der Waals surface area contributed by atoms with E-state index in [4.69, 9.17) is 0 Å². The highest BCUT2D eigenvalue weighted by molar-refractivity contribution is 5.54. The van der Waals surface area contributed by atoms with Crippen LogP contribution in [0.4, 0.5) is 0 Å². The first-order valence-electron chi connectivity index (χ1n) is 4.36. The highest BCUT2D eigenvalue weighted by atomic mass is 16.1. The van der Waals surface area contributed by atoms with Crippen LogP contribution in [0, 0.1) is 5.92 Å². The molecule has 0 saturated heterocycles. The van der Waals surface area contributed by atoms with Crippen LogP contribution in [0.2, 0.25) is 0 Å². The second-order valence-electron chi connectivity index (χ2n) is 2.99. The monoisotopic (exact) mass is 162 g/mol. The first kappa shape index (κ1) is 8.98. The van der Waals surface area contributed by atoms with E-state index in [0.29, 0.717) is 0 Å². The maximum Gasteiger partial charge on any atom is 0.123 e. The van der Waals surface area contributed by atoms with Gasteiger partial charge in [-0.25, -0.2) is 0 Å². The Morgan fingerprint density at radius 2 is 2.00 bits per heavy atom. The lowest BCUT2D eigenvalue weighted by Crippen LogP contribution is -2.03. The average molecular weight is 162 g/mol. The van der Waals surface area contributed by atoms with Gasteiger partial charge in [-0.05, 0) is 18.4 Å². The summed E-state index contributed by atoms with van der Waals surface area (Å²) < 4.78 is 0. The molecule has 1 atom stereocenters. The molecule has 0 bridgehead atoms. The summed E-state index contributed by atoms with van der Waals surface area (Å²) in [5.41, 5.74) is 1.25. The van der Waals surface area contributed by atoms with E-state index in [1.54, 1.807) is 0 Å². The Balaban J connectivity index is 2.56. The third kappa shape index (κ3) is 2.50. The molecule has 1 heteroatoms. The number of carbonyl (C=O) groups is 1. The minimum absolute atomic E-state index is 0.187. The third-order valence-corrected chi connectivity index (χ3v) is 2.06. The summed E-state index contributed by atoms with van der Waals surface area (Å²) in [4.78, 5) is 10.5. The number of aldehydes is 1. The Bertz CT molecular complexity index is 228. The smallest absolute Gasteiger partial charge is 0.123 e. The molecule has 0 aliphatic rings. The molecular weight excluding hydrogens is 148 g/mol. The summed E-state index contributed by atoms with van der Waals surface area (Å²) in [5, 5.41) is 0. The highest BCUT2D eigenvalue weighted by Gasteiger charge is 2.04. The molecule has 1 aromatic rings. The molecule has 1 unspecified atom stereocenters. The maximum absolute atomic E-state index is 10.5. The molecule has 12 heavy (non-hydrogen) atoms. The Hall–Kier alpha value is -1.11. The topological polar surface area (TPSA) is 17.1 Å². The molecule has 0 saturated carbocycles. The SMILES string of the molecule is CCC(C=O)Cc1ccccc1. The van der Waals surface area contributed by atoms with Crippen LogP contribution in [0.25, 0.3) is 0 Å². The molecule has 64 valence electrons. The molecule has 0 aromatic heterocycles. The summed E-state index contributed by atoms with van der Waals surface area (Å²) in [5.74, 6) is 0.187. The van der Waals surface area contributed by atoms with E-state index in [1.165, 1.54) is 5.56 Å². The fraction of sp³-hybridized carbons (Fsp3) is 0.364. The molecule has 0 spiro atoms. The van der Waals surface area contributed by atoms with Gasteiger partial charge >= 0.3 is 0 Å². The molecule has 0 amide bonds. The van der Waals surface area contributed by atoms with Gasteiger partial charge in [-0.1, -0.05) is 37.3 Å². The van der Waals surface area contributed by atoms with Gasteiger partial charge in [0, 0.05) is 5.92 Å². The van der Waals surface area contributed by atoms with Gasteiger partial charge in [0.1, 0.15) is 6.29 Å². The molecule has 0 aliphatic heterocycles. The highest BCUT2D eigenvalue weighted by Crippen LogP contribution is 2.09. The van der Waals surface area contributed by atoms with Crippen LogP contribution >= 0.6 is 0 Å². The normalized spacial score (nSPS) is 12.4. The van der Waals surface area contributed by atoms with E-state index >= 15 is 0 Å². The van der Waals surface area contributed by atoms with Crippen LogP contribution in [-0.2, 0) is 11.2 Å². The summed E-state index contributed by atoms with van der Waals surface area (Å²) >= 11 is 0. The maximum atomic E-state index is 10.5. The third-order valence-electron chi connectivity index (χ3n) is 2.06. The van der Waals surface area contributed by atoms with Gasteiger partial charge in [0.2, 0.25) is 0 Å². The van der Waals surface area contributed by atoms with Crippen molar-refractivity contribution < 1.29 is 4.79 Å². The van der Waals surface area contributed by atoms with Gasteiger partial charge < -0.3 is 4.79 Å². The molecule has 1 rings (SSSR count). The molecular formula is C11H14O. The molecule has 0 fully saturated rings. The minimum atomic E-state index is 0.187. The number of benzene rings is 1. The first-order chi connectivity index (χ1) is 5.86. The molecule has 1 aromatic carbocycles. The van der Waals surface area contributed by atoms with Crippen molar-refractivity contribution in [3.63, 3.8) is 0 Å². The van der Waals surface area contributed by atoms with Gasteiger partial charge in [-0.2, -0.15) is 0 Å². The fourth-order valence-electron chi connectivity index (χ4n) is 1.21. The summed E-state index contributed by atoms with van der Waals surface area (Å²) in [6, 6.07) is 10.1. The van der Waals surface area contributed by atoms with Crippen molar-refractivity contribution in [3.8, 4) is 0 Å². The van der Waals surface area contributed by atoms with Gasteiger partial charge in [-0.3, -0.25) is 0 Å². The van der Waals surface area contributed by atoms with Crippen molar-refractivity contribution in [2.24, 2.45) is 5.92 Å². The summed E-state index contributed by atoms with van der Waals surface area (Å²) in [6.07, 6.45) is 2.85. The fourth-order valence-corrected chi connectivity index (χ4v) is 1.21. The van der Waals surface area contributed by atoms with Crippen molar-refractivity contribution in [2.45, 2.75) is 19.8 Å². The lowest BCUT2D eigenvalue weighted by atomic mass is 9.99. The quantitative estimate of drug-likeness (QED) is 0.621. The first-order valence-corrected chi connectivity index (χ1v) is 4.36. The number of hydrogen-bond donors (Lipinski definition) is 0. The van der Waals surface area contributed by atoms with Crippen molar-refractivity contribution in [1.82, 2.24) is 0 Å². The summed E-state index contributed by atoms with van der Waals surface area (Å²) in [6.45, 7) is 2.04. The zero-order valence-electron chi connectivity index (χ0n) is 7.36. The lowest BCUT2D eigenvalue weighted by molar-refractivity contribution is -0.111. The van der Waals surface area contributed by atoms with Gasteiger partial charge in [0.05, 0.1) is 0 Å². The summed E-state index contributed by atoms with van der Waals surface area (Å²) in [7, 11) is 0. The zero-order valence-corrected chi connectivity index (χ0v) is 7.36. The van der Waals surface area contributed by atoms with E-state index in [2.05, 4.69) is 12.1 Å². The standard InChI is InChI=1S/C11H14O/c1-2-10(9-12)8-11-6-4-3-5-7-11/h3-7,9-10H,2,8H2,1H3. The van der Waals surface area contributed by atoms with Crippen LogP contribution in [0.3, 0.4) is 0 Å². The van der Waals surface area contributed by atoms with Gasteiger partial charge in [0.15, 0.2) is 0 Å². The Morgan fingerprint density at radius 1 is 1.33 bits per heavy atom. The molecule has 0 heterocycles. The van der Waals surface area contributed by atoms with E-state index < -0.39 is 0 Å². The van der Waals surface area contributed by atoms with Crippen LogP contribution in [0.5, 0.6) is 0 Å². The number of rotatable bonds is 4. The van der Waals surface area contributed by atoms with Crippen LogP contribution in [0.1, 0.15) is 18.9 Å². The second kappa shape index (κ2) is 4.70. The van der Waals surface area contributed by atoms with E-state index in [-0.39, 0.29) is 5.92 Å². The largest absolute Gasteiger partial charge is 0.303 e. The zero-order chi connectivity index (χ0) is 8.81. The predicted octanol–water partition coefficient (Wildman–Crippen LogP) is 2.45. The van der Waals surface area contributed by atoms with Crippen molar-refractivity contribution in [3.05, 3.63) is 35.9 Å². The second-order valence-corrected chi connectivity index (χ2v) is 2.99. The van der Waals surface area contributed by atoms with E-state index in [1.807, 2.05) is 25.1 Å². The van der Waals surface area contributed by atoms with Crippen LogP contribution in [0.15, 0.2) is 30.3 Å². The lowest BCUT2D eigenvalue weighted by Gasteiger charge is -2.05. The van der Waals surface area contributed by atoms with Crippen molar-refractivity contribution >= 4 is 6.29 Å². The van der Waals surface area contributed by atoms with Gasteiger partial charge in [-0.15, -0.1) is 0 Å². The number of carbonyl (C=O) groups excluding carboxylic acids is 1. The van der Waals surface area contributed by atoms with Crippen LogP contribution < -0.4 is 0 Å². The Kier molecular flexibility index (Phi) is 3.52. The Labute approximate surface area is 73.4 Å². The molecule has 0 radical (unpaired) electrons. The van der Waals surface area contributed by atoms with Crippen molar-refractivity contribution in [1.29, 1.82) is 0 Å². The molecule has 1 nitrogen and oxygen atoms in total. The minimum Gasteiger partial charge on any atom is -0.303 e.